The van der Waals surface area contributed by atoms with Gasteiger partial charge in [-0.3, -0.25) is 4.79 Å². The highest BCUT2D eigenvalue weighted by atomic mass is 32.1. The van der Waals surface area contributed by atoms with E-state index in [-0.39, 0.29) is 5.97 Å². The number of rotatable bonds is 6. The first kappa shape index (κ1) is 14.2. The Morgan fingerprint density at radius 3 is 2.59 bits per heavy atom. The lowest BCUT2D eigenvalue weighted by molar-refractivity contribution is -0.150. The molecule has 0 bridgehead atoms. The Labute approximate surface area is 107 Å². The maximum Gasteiger partial charge on any atom is 0.312 e. The van der Waals surface area contributed by atoms with Crippen LogP contribution < -0.4 is 5.32 Å². The summed E-state index contributed by atoms with van der Waals surface area (Å²) in [4.78, 5) is 14.2. The Kier molecular flexibility index (Phi) is 5.15. The van der Waals surface area contributed by atoms with Crippen molar-refractivity contribution in [2.45, 2.75) is 33.7 Å². The van der Waals surface area contributed by atoms with Crippen LogP contribution >= 0.6 is 11.3 Å². The zero-order valence-corrected chi connectivity index (χ0v) is 11.8. The van der Waals surface area contributed by atoms with Crippen LogP contribution in [-0.2, 0) is 22.5 Å². The molecule has 0 amide bonds. The Morgan fingerprint density at radius 2 is 2.06 bits per heavy atom. The monoisotopic (exact) mass is 255 g/mol. The van der Waals surface area contributed by atoms with Gasteiger partial charge >= 0.3 is 5.97 Å². The lowest BCUT2D eigenvalue weighted by Gasteiger charge is -2.21. The summed E-state index contributed by atoms with van der Waals surface area (Å²) in [5.41, 5.74) is -0.473. The fourth-order valence-corrected chi connectivity index (χ4v) is 2.48. The van der Waals surface area contributed by atoms with Crippen LogP contribution in [0.15, 0.2) is 12.1 Å². The highest BCUT2D eigenvalue weighted by Gasteiger charge is 2.27. The molecule has 0 saturated heterocycles. The number of nitrogens with one attached hydrogen (secondary N) is 1. The van der Waals surface area contributed by atoms with Crippen LogP contribution in [0.25, 0.3) is 0 Å². The molecule has 0 aromatic carbocycles. The van der Waals surface area contributed by atoms with E-state index in [2.05, 4.69) is 24.4 Å². The predicted molar refractivity (Wildman–Crippen MR) is 71.2 cm³/mol. The average molecular weight is 255 g/mol. The maximum atomic E-state index is 11.5. The summed E-state index contributed by atoms with van der Waals surface area (Å²) in [5.74, 6) is -0.176. The average Bonchev–Trinajstić information content (AvgIpc) is 2.75. The molecule has 0 atom stereocenters. The van der Waals surface area contributed by atoms with Gasteiger partial charge < -0.3 is 10.1 Å². The smallest absolute Gasteiger partial charge is 0.312 e. The first-order valence-corrected chi connectivity index (χ1v) is 6.68. The van der Waals surface area contributed by atoms with Crippen LogP contribution in [0, 0.1) is 5.41 Å². The first-order chi connectivity index (χ1) is 7.99. The molecule has 96 valence electrons. The normalized spacial score (nSPS) is 11.5. The number of hydrogen-bond donors (Lipinski definition) is 1. The molecule has 0 unspecified atom stereocenters. The van der Waals surface area contributed by atoms with Gasteiger partial charge in [0.05, 0.1) is 12.5 Å². The van der Waals surface area contributed by atoms with Crippen molar-refractivity contribution < 1.29 is 9.53 Å². The Hall–Kier alpha value is -0.870. The summed E-state index contributed by atoms with van der Waals surface area (Å²) in [5, 5.41) is 3.30. The van der Waals surface area contributed by atoms with Gasteiger partial charge in [-0.25, -0.2) is 0 Å². The summed E-state index contributed by atoms with van der Waals surface area (Å²) >= 11 is 1.82. The number of ether oxygens (including phenoxy) is 1. The van der Waals surface area contributed by atoms with Crippen molar-refractivity contribution in [1.29, 1.82) is 0 Å². The van der Waals surface area contributed by atoms with E-state index >= 15 is 0 Å². The fourth-order valence-electron chi connectivity index (χ4n) is 1.55. The summed E-state index contributed by atoms with van der Waals surface area (Å²) in [6.45, 7) is 7.36. The Bertz CT molecular complexity index is 371. The van der Waals surface area contributed by atoms with Gasteiger partial charge in [0.15, 0.2) is 0 Å². The second kappa shape index (κ2) is 6.17. The molecular weight excluding hydrogens is 234 g/mol. The van der Waals surface area contributed by atoms with Gasteiger partial charge in [0.1, 0.15) is 0 Å². The van der Waals surface area contributed by atoms with E-state index in [0.29, 0.717) is 6.54 Å². The Morgan fingerprint density at radius 1 is 1.41 bits per heavy atom. The van der Waals surface area contributed by atoms with Gasteiger partial charge in [-0.2, -0.15) is 0 Å². The number of carbonyl (C=O) groups is 1. The second-order valence-corrected chi connectivity index (χ2v) is 5.95. The number of methoxy groups -OCH3 is 1. The molecule has 3 nitrogen and oxygen atoms in total. The molecule has 1 aromatic rings. The standard InChI is InChI=1S/C13H21NO2S/c1-5-10-6-7-11(17-10)8-14-9-13(2,3)12(15)16-4/h6-7,14H,5,8-9H2,1-4H3. The van der Waals surface area contributed by atoms with Crippen LogP contribution in [0.1, 0.15) is 30.5 Å². The van der Waals surface area contributed by atoms with Gasteiger partial charge in [0.2, 0.25) is 0 Å². The molecule has 0 aliphatic heterocycles. The van der Waals surface area contributed by atoms with Gasteiger partial charge in [-0.1, -0.05) is 6.92 Å². The molecular formula is C13H21NO2S. The number of hydrogen-bond acceptors (Lipinski definition) is 4. The first-order valence-electron chi connectivity index (χ1n) is 5.86. The zero-order valence-electron chi connectivity index (χ0n) is 11.0. The summed E-state index contributed by atoms with van der Waals surface area (Å²) in [7, 11) is 1.43. The fraction of sp³-hybridized carbons (Fsp3) is 0.615. The van der Waals surface area contributed by atoms with E-state index in [9.17, 15) is 4.79 Å². The van der Waals surface area contributed by atoms with Crippen molar-refractivity contribution in [3.63, 3.8) is 0 Å². The molecule has 17 heavy (non-hydrogen) atoms. The summed E-state index contributed by atoms with van der Waals surface area (Å²) in [6.07, 6.45) is 1.08. The molecule has 1 aromatic heterocycles. The molecule has 0 fully saturated rings. The second-order valence-electron chi connectivity index (χ2n) is 4.70. The molecule has 0 aliphatic rings. The molecule has 1 rings (SSSR count). The number of carbonyl (C=O) groups excluding carboxylic acids is 1. The topological polar surface area (TPSA) is 38.3 Å². The largest absolute Gasteiger partial charge is 0.469 e. The maximum absolute atomic E-state index is 11.5. The summed E-state index contributed by atoms with van der Waals surface area (Å²) in [6, 6.07) is 4.30. The van der Waals surface area contributed by atoms with Crippen molar-refractivity contribution in [2.75, 3.05) is 13.7 Å². The minimum Gasteiger partial charge on any atom is -0.469 e. The van der Waals surface area contributed by atoms with Crippen molar-refractivity contribution >= 4 is 17.3 Å². The molecule has 0 aliphatic carbocycles. The zero-order chi connectivity index (χ0) is 12.9. The third kappa shape index (κ3) is 4.13. The van der Waals surface area contributed by atoms with Gasteiger partial charge in [0.25, 0.3) is 0 Å². The summed E-state index contributed by atoms with van der Waals surface area (Å²) < 4.78 is 4.76. The van der Waals surface area contributed by atoms with Crippen LogP contribution in [0.3, 0.4) is 0 Å². The van der Waals surface area contributed by atoms with E-state index in [4.69, 9.17) is 4.74 Å². The molecule has 0 spiro atoms. The quantitative estimate of drug-likeness (QED) is 0.794. The van der Waals surface area contributed by atoms with Crippen LogP contribution in [-0.4, -0.2) is 19.6 Å². The number of esters is 1. The van der Waals surface area contributed by atoms with Crippen molar-refractivity contribution in [1.82, 2.24) is 5.32 Å². The SMILES string of the molecule is CCc1ccc(CNCC(C)(C)C(=O)OC)s1. The van der Waals surface area contributed by atoms with E-state index in [1.807, 2.05) is 25.2 Å². The van der Waals surface area contributed by atoms with Crippen molar-refractivity contribution in [3.8, 4) is 0 Å². The molecule has 1 heterocycles. The van der Waals surface area contributed by atoms with Crippen LogP contribution in [0.5, 0.6) is 0 Å². The lowest BCUT2D eigenvalue weighted by Crippen LogP contribution is -2.36. The molecule has 0 radical (unpaired) electrons. The highest BCUT2D eigenvalue weighted by Crippen LogP contribution is 2.18. The third-order valence-corrected chi connectivity index (χ3v) is 3.90. The third-order valence-electron chi connectivity index (χ3n) is 2.67. The minimum atomic E-state index is -0.473. The Balaban J connectivity index is 2.39. The molecule has 4 heteroatoms. The van der Waals surface area contributed by atoms with Crippen molar-refractivity contribution in [2.24, 2.45) is 5.41 Å². The van der Waals surface area contributed by atoms with E-state index in [1.165, 1.54) is 16.9 Å². The van der Waals surface area contributed by atoms with E-state index in [0.717, 1.165) is 13.0 Å². The van der Waals surface area contributed by atoms with Crippen molar-refractivity contribution in [3.05, 3.63) is 21.9 Å². The van der Waals surface area contributed by atoms with Gasteiger partial charge in [-0.15, -0.1) is 11.3 Å². The predicted octanol–water partition coefficient (Wildman–Crippen LogP) is 2.60. The van der Waals surface area contributed by atoms with Crippen LogP contribution in [0.4, 0.5) is 0 Å². The minimum absolute atomic E-state index is 0.176. The van der Waals surface area contributed by atoms with E-state index in [1.54, 1.807) is 0 Å². The lowest BCUT2D eigenvalue weighted by atomic mass is 9.94. The van der Waals surface area contributed by atoms with Crippen LogP contribution in [0.2, 0.25) is 0 Å². The number of thiophene rings is 1. The van der Waals surface area contributed by atoms with Gasteiger partial charge in [-0.05, 0) is 32.4 Å². The van der Waals surface area contributed by atoms with E-state index < -0.39 is 5.41 Å². The van der Waals surface area contributed by atoms with Gasteiger partial charge in [0, 0.05) is 22.8 Å². The highest BCUT2D eigenvalue weighted by molar-refractivity contribution is 7.11. The molecule has 0 saturated carbocycles. The molecule has 1 N–H and O–H groups in total. The number of aryl methyl sites for hydroxylation is 1.